The molecule has 1 aromatic carbocycles. The Kier molecular flexibility index (Phi) is 7.80. The van der Waals surface area contributed by atoms with Crippen LogP contribution in [0.15, 0.2) is 53.4 Å². The van der Waals surface area contributed by atoms with Crippen molar-refractivity contribution in [1.29, 1.82) is 0 Å². The summed E-state index contributed by atoms with van der Waals surface area (Å²) >= 11 is 0. The Morgan fingerprint density at radius 2 is 1.82 bits per heavy atom. The van der Waals surface area contributed by atoms with Gasteiger partial charge < -0.3 is 41.9 Å². The van der Waals surface area contributed by atoms with Crippen molar-refractivity contribution in [1.82, 2.24) is 15.2 Å². The maximum atomic E-state index is 14.1. The number of nitrogens with one attached hydrogen (secondary N) is 2. The molecule has 4 unspecified atom stereocenters. The SMILES string of the molecule is CC1c2ccc(NC(=O)CNCc3ccccn3)c(O)c2C(O)=C2C(=O)[C@]3(O)C(O)=C(C(N)=O)C(=O)[C@@H](N(C)C)C3C(O)C21. The van der Waals surface area contributed by atoms with Gasteiger partial charge in [-0.15, -0.1) is 0 Å². The van der Waals surface area contributed by atoms with Gasteiger partial charge in [-0.1, -0.05) is 19.1 Å². The van der Waals surface area contributed by atoms with Gasteiger partial charge in [0.25, 0.3) is 5.91 Å². The highest BCUT2D eigenvalue weighted by atomic mass is 16.4. The number of pyridine rings is 1. The van der Waals surface area contributed by atoms with Crippen LogP contribution in [0.1, 0.15) is 29.7 Å². The number of aliphatic hydroxyl groups is 4. The number of phenols is 1. The summed E-state index contributed by atoms with van der Waals surface area (Å²) in [6, 6.07) is 6.83. The molecule has 6 atom stereocenters. The van der Waals surface area contributed by atoms with Gasteiger partial charge in [-0.25, -0.2) is 0 Å². The normalized spacial score (nSPS) is 28.0. The molecular formula is C30H33N5O9. The first-order valence-electron chi connectivity index (χ1n) is 13.8. The number of anilines is 1. The van der Waals surface area contributed by atoms with Gasteiger partial charge in [0.05, 0.1) is 41.6 Å². The average Bonchev–Trinajstić information content (AvgIpc) is 2.96. The molecule has 3 aliphatic rings. The summed E-state index contributed by atoms with van der Waals surface area (Å²) in [6.45, 7) is 1.79. The first-order chi connectivity index (χ1) is 20.7. The number of aromatic hydroxyl groups is 1. The van der Waals surface area contributed by atoms with E-state index in [1.807, 2.05) is 0 Å². The van der Waals surface area contributed by atoms with Crippen LogP contribution in [0.4, 0.5) is 5.69 Å². The van der Waals surface area contributed by atoms with Crippen LogP contribution in [-0.4, -0.2) is 97.2 Å². The van der Waals surface area contributed by atoms with Gasteiger partial charge in [-0.3, -0.25) is 29.1 Å². The van der Waals surface area contributed by atoms with Gasteiger partial charge in [0, 0.05) is 24.2 Å². The number of aliphatic hydroxyl groups excluding tert-OH is 3. The fraction of sp³-hybridized carbons (Fsp3) is 0.367. The zero-order valence-corrected chi connectivity index (χ0v) is 24.1. The fourth-order valence-corrected chi connectivity index (χ4v) is 6.72. The van der Waals surface area contributed by atoms with Crippen molar-refractivity contribution < 1.29 is 44.7 Å². The van der Waals surface area contributed by atoms with Crippen molar-refractivity contribution in [3.63, 3.8) is 0 Å². The molecule has 1 fully saturated rings. The van der Waals surface area contributed by atoms with Crippen LogP contribution in [-0.2, 0) is 25.7 Å². The number of carbonyl (C=O) groups is 4. The first-order valence-corrected chi connectivity index (χ1v) is 13.8. The van der Waals surface area contributed by atoms with E-state index in [1.165, 1.54) is 31.1 Å². The Morgan fingerprint density at radius 3 is 2.43 bits per heavy atom. The molecular weight excluding hydrogens is 574 g/mol. The summed E-state index contributed by atoms with van der Waals surface area (Å²) < 4.78 is 0. The number of phenolic OH excluding ortho intramolecular Hbond substituents is 1. The van der Waals surface area contributed by atoms with E-state index in [4.69, 9.17) is 5.73 Å². The highest BCUT2D eigenvalue weighted by Gasteiger charge is 2.68. The molecule has 0 aliphatic heterocycles. The van der Waals surface area contributed by atoms with Crippen LogP contribution < -0.4 is 16.4 Å². The minimum absolute atomic E-state index is 0.0822. The van der Waals surface area contributed by atoms with Gasteiger partial charge in [0.1, 0.15) is 22.8 Å². The third kappa shape index (κ3) is 4.54. The van der Waals surface area contributed by atoms with Crippen molar-refractivity contribution in [2.75, 3.05) is 26.0 Å². The topological polar surface area (TPSA) is 236 Å². The lowest BCUT2D eigenvalue weighted by Crippen LogP contribution is -2.70. The van der Waals surface area contributed by atoms with Crippen molar-refractivity contribution in [2.45, 2.75) is 37.1 Å². The number of rotatable bonds is 7. The Morgan fingerprint density at radius 1 is 1.11 bits per heavy atom. The van der Waals surface area contributed by atoms with Crippen LogP contribution in [0.25, 0.3) is 5.76 Å². The summed E-state index contributed by atoms with van der Waals surface area (Å²) in [5.74, 6) is -10.4. The molecule has 44 heavy (non-hydrogen) atoms. The zero-order valence-electron chi connectivity index (χ0n) is 24.1. The van der Waals surface area contributed by atoms with Crippen molar-refractivity contribution >= 4 is 34.8 Å². The molecule has 5 rings (SSSR count). The summed E-state index contributed by atoms with van der Waals surface area (Å²) in [5.41, 5.74) is 1.54. The van der Waals surface area contributed by atoms with Gasteiger partial charge in [-0.2, -0.15) is 0 Å². The van der Waals surface area contributed by atoms with Crippen LogP contribution in [0, 0.1) is 11.8 Å². The molecule has 14 heteroatoms. The number of fused-ring (bicyclic) bond motifs is 3. The number of benzene rings is 1. The number of carbonyl (C=O) groups excluding carboxylic acids is 4. The standard InChI is InChI=1S/C30H33N5O9/c1-12-14-7-8-15(34-16(36)11-32-10-13-6-4-5-9-33-13)23(37)18(14)24(38)19-17(12)25(39)21-22(35(2)3)26(40)20(29(31)43)28(42)30(21,44)27(19)41/h4-9,12,17,21-22,25,32,37-39,42,44H,10-11H2,1-3H3,(H2,31,43)(H,34,36)/t12?,17?,21?,22-,25?,30-/m0/s1. The minimum atomic E-state index is -3.01. The second kappa shape index (κ2) is 11.1. The Labute approximate surface area is 251 Å². The Bertz CT molecular complexity index is 1640. The number of ketones is 2. The number of primary amides is 1. The molecule has 3 aliphatic carbocycles. The molecule has 1 aromatic heterocycles. The highest BCUT2D eigenvalue weighted by molar-refractivity contribution is 6.24. The molecule has 2 amide bonds. The molecule has 14 nitrogen and oxygen atoms in total. The number of amides is 2. The predicted octanol–water partition coefficient (Wildman–Crippen LogP) is -0.381. The molecule has 0 bridgehead atoms. The van der Waals surface area contributed by atoms with Gasteiger partial charge in [-0.05, 0) is 43.8 Å². The quantitative estimate of drug-likeness (QED) is 0.149. The molecule has 232 valence electrons. The molecule has 9 N–H and O–H groups in total. The summed E-state index contributed by atoms with van der Waals surface area (Å²) in [7, 11) is 2.87. The molecule has 1 heterocycles. The van der Waals surface area contributed by atoms with Crippen molar-refractivity contribution in [3.8, 4) is 5.75 Å². The zero-order chi connectivity index (χ0) is 32.2. The van der Waals surface area contributed by atoms with Gasteiger partial charge >= 0.3 is 0 Å². The lowest BCUT2D eigenvalue weighted by molar-refractivity contribution is -0.169. The lowest BCUT2D eigenvalue weighted by atomic mass is 9.54. The van der Waals surface area contributed by atoms with E-state index in [-0.39, 0.29) is 17.8 Å². The largest absolute Gasteiger partial charge is 0.508 e. The van der Waals surface area contributed by atoms with E-state index < -0.39 is 87.3 Å². The van der Waals surface area contributed by atoms with Gasteiger partial charge in [0.2, 0.25) is 11.7 Å². The molecule has 0 saturated heterocycles. The number of Topliss-reactive ketones (excluding diaryl/α,β-unsaturated/α-hetero) is 2. The molecule has 2 aromatic rings. The summed E-state index contributed by atoms with van der Waals surface area (Å²) in [5, 5.41) is 62.5. The van der Waals surface area contributed by atoms with E-state index in [9.17, 15) is 44.7 Å². The second-order valence-electron chi connectivity index (χ2n) is 11.4. The van der Waals surface area contributed by atoms with E-state index in [1.54, 1.807) is 31.3 Å². The van der Waals surface area contributed by atoms with Crippen LogP contribution in [0.2, 0.25) is 0 Å². The monoisotopic (exact) mass is 607 g/mol. The first kappa shape index (κ1) is 30.8. The number of nitrogens with zero attached hydrogens (tertiary/aromatic N) is 2. The fourth-order valence-electron chi connectivity index (χ4n) is 6.72. The number of hydrogen-bond donors (Lipinski definition) is 8. The smallest absolute Gasteiger partial charge is 0.255 e. The molecule has 1 saturated carbocycles. The van der Waals surface area contributed by atoms with Crippen molar-refractivity contribution in [3.05, 3.63) is 70.3 Å². The third-order valence-electron chi connectivity index (χ3n) is 8.72. The van der Waals surface area contributed by atoms with E-state index >= 15 is 0 Å². The van der Waals surface area contributed by atoms with Crippen LogP contribution in [0.5, 0.6) is 5.75 Å². The number of likely N-dealkylation sites (N-methyl/N-ethyl adjacent to an activating group) is 1. The molecule has 0 spiro atoms. The number of hydrogen-bond acceptors (Lipinski definition) is 12. The maximum Gasteiger partial charge on any atom is 0.255 e. The Balaban J connectivity index is 1.54. The highest BCUT2D eigenvalue weighted by Crippen LogP contribution is 2.56. The van der Waals surface area contributed by atoms with Crippen LogP contribution >= 0.6 is 0 Å². The van der Waals surface area contributed by atoms with E-state index in [2.05, 4.69) is 15.6 Å². The minimum Gasteiger partial charge on any atom is -0.508 e. The Hall–Kier alpha value is -4.63. The maximum absolute atomic E-state index is 14.1. The van der Waals surface area contributed by atoms with E-state index in [0.717, 1.165) is 0 Å². The van der Waals surface area contributed by atoms with E-state index in [0.29, 0.717) is 17.8 Å². The van der Waals surface area contributed by atoms with Crippen LogP contribution in [0.3, 0.4) is 0 Å². The number of aromatic nitrogens is 1. The number of nitrogens with two attached hydrogens (primary N) is 1. The second-order valence-corrected chi connectivity index (χ2v) is 11.4. The van der Waals surface area contributed by atoms with Gasteiger partial charge in [0.15, 0.2) is 11.4 Å². The summed E-state index contributed by atoms with van der Waals surface area (Å²) in [6.07, 6.45) is -0.0793. The predicted molar refractivity (Wildman–Crippen MR) is 155 cm³/mol. The summed E-state index contributed by atoms with van der Waals surface area (Å²) in [4.78, 5) is 57.6. The average molecular weight is 608 g/mol. The third-order valence-corrected chi connectivity index (χ3v) is 8.72. The lowest BCUT2D eigenvalue weighted by Gasteiger charge is -2.53. The molecule has 0 radical (unpaired) electrons. The van der Waals surface area contributed by atoms with Crippen molar-refractivity contribution in [2.24, 2.45) is 17.6 Å².